The molecular formula is C29H47NO5. The van der Waals surface area contributed by atoms with Gasteiger partial charge in [-0.2, -0.15) is 0 Å². The van der Waals surface area contributed by atoms with E-state index in [1.165, 1.54) is 70.6 Å². The molecule has 1 unspecified atom stereocenters. The number of nitrogens with one attached hydrogen (secondary N) is 1. The molecule has 198 valence electrons. The number of esters is 1. The van der Waals surface area contributed by atoms with Crippen LogP contribution in [0.1, 0.15) is 122 Å². The molecule has 0 saturated heterocycles. The summed E-state index contributed by atoms with van der Waals surface area (Å²) in [6.45, 7) is 2.41. The van der Waals surface area contributed by atoms with Crippen molar-refractivity contribution in [1.82, 2.24) is 5.32 Å². The van der Waals surface area contributed by atoms with Crippen LogP contribution in [-0.4, -0.2) is 29.0 Å². The molecule has 0 radical (unpaired) electrons. The molecule has 0 fully saturated rings. The lowest BCUT2D eigenvalue weighted by Crippen LogP contribution is -2.41. The second kappa shape index (κ2) is 21.0. The van der Waals surface area contributed by atoms with Crippen LogP contribution >= 0.6 is 0 Å². The summed E-state index contributed by atoms with van der Waals surface area (Å²) in [5.41, 5.74) is 0.883. The molecule has 0 aromatic heterocycles. The summed E-state index contributed by atoms with van der Waals surface area (Å²) in [6.07, 6.45) is 17.7. The summed E-state index contributed by atoms with van der Waals surface area (Å²) < 4.78 is 5.42. The van der Waals surface area contributed by atoms with Crippen LogP contribution < -0.4 is 5.32 Å². The van der Waals surface area contributed by atoms with Crippen LogP contribution in [0.25, 0.3) is 0 Å². The molecule has 35 heavy (non-hydrogen) atoms. The molecule has 0 aliphatic carbocycles. The lowest BCUT2D eigenvalue weighted by Gasteiger charge is -2.18. The summed E-state index contributed by atoms with van der Waals surface area (Å²) in [6, 6.07) is 8.67. The lowest BCUT2D eigenvalue weighted by molar-refractivity contribution is -0.149. The van der Waals surface area contributed by atoms with Crippen LogP contribution in [0.3, 0.4) is 0 Å². The number of amides is 1. The van der Waals surface area contributed by atoms with E-state index in [0.29, 0.717) is 6.42 Å². The Balaban J connectivity index is 2.23. The molecule has 1 atom stereocenters. The zero-order chi connectivity index (χ0) is 25.6. The molecule has 0 saturated carbocycles. The van der Waals surface area contributed by atoms with Crippen LogP contribution in [0.2, 0.25) is 0 Å². The second-order valence-corrected chi connectivity index (χ2v) is 9.49. The van der Waals surface area contributed by atoms with E-state index in [1.807, 2.05) is 30.3 Å². The van der Waals surface area contributed by atoms with Gasteiger partial charge < -0.3 is 15.2 Å². The standard InChI is InChI=1S/C29H47NO5/c1-2-3-4-5-6-7-8-9-10-11-12-13-14-18-21-26(30-27(31)22-23-28(32)33)29(34)35-24-25-19-16-15-17-20-25/h15-17,19-20,26H,2-14,18,21-24H2,1H3,(H,30,31)(H,32,33). The second-order valence-electron chi connectivity index (χ2n) is 9.49. The number of aliphatic carboxylic acids is 1. The number of unbranched alkanes of at least 4 members (excludes halogenated alkanes) is 13. The van der Waals surface area contributed by atoms with Crippen molar-refractivity contribution in [2.45, 2.75) is 129 Å². The molecule has 0 spiro atoms. The first kappa shape index (κ1) is 30.7. The predicted molar refractivity (Wildman–Crippen MR) is 140 cm³/mol. The van der Waals surface area contributed by atoms with Gasteiger partial charge in [0.25, 0.3) is 0 Å². The highest BCUT2D eigenvalue weighted by Gasteiger charge is 2.22. The van der Waals surface area contributed by atoms with Gasteiger partial charge in [0.1, 0.15) is 12.6 Å². The largest absolute Gasteiger partial charge is 0.481 e. The minimum Gasteiger partial charge on any atom is -0.481 e. The first-order valence-corrected chi connectivity index (χ1v) is 13.7. The highest BCUT2D eigenvalue weighted by Crippen LogP contribution is 2.14. The van der Waals surface area contributed by atoms with E-state index >= 15 is 0 Å². The van der Waals surface area contributed by atoms with Crippen LogP contribution in [0, 0.1) is 0 Å². The number of carbonyl (C=O) groups excluding carboxylic acids is 2. The summed E-state index contributed by atoms with van der Waals surface area (Å²) >= 11 is 0. The Morgan fingerprint density at radius 1 is 0.771 bits per heavy atom. The van der Waals surface area contributed by atoms with Gasteiger partial charge in [-0.25, -0.2) is 4.79 Å². The molecule has 0 heterocycles. The minimum absolute atomic E-state index is 0.142. The quantitative estimate of drug-likeness (QED) is 0.136. The third-order valence-corrected chi connectivity index (χ3v) is 6.26. The SMILES string of the molecule is CCCCCCCCCCCCCCCCC(NC(=O)CCC(=O)O)C(=O)OCc1ccccc1. The molecule has 0 aliphatic rings. The van der Waals surface area contributed by atoms with E-state index < -0.39 is 23.9 Å². The van der Waals surface area contributed by atoms with E-state index in [2.05, 4.69) is 12.2 Å². The third kappa shape index (κ3) is 17.7. The van der Waals surface area contributed by atoms with E-state index in [9.17, 15) is 14.4 Å². The van der Waals surface area contributed by atoms with Crippen molar-refractivity contribution in [2.75, 3.05) is 0 Å². The van der Waals surface area contributed by atoms with Crippen LogP contribution in [0.5, 0.6) is 0 Å². The Morgan fingerprint density at radius 2 is 1.29 bits per heavy atom. The summed E-state index contributed by atoms with van der Waals surface area (Å²) in [5.74, 6) is -1.93. The molecule has 1 aromatic carbocycles. The van der Waals surface area contributed by atoms with Gasteiger partial charge in [0.15, 0.2) is 0 Å². The third-order valence-electron chi connectivity index (χ3n) is 6.26. The summed E-state index contributed by atoms with van der Waals surface area (Å²) in [4.78, 5) is 35.4. The molecule has 2 N–H and O–H groups in total. The van der Waals surface area contributed by atoms with Crippen molar-refractivity contribution in [3.63, 3.8) is 0 Å². The Morgan fingerprint density at radius 3 is 1.80 bits per heavy atom. The first-order chi connectivity index (χ1) is 17.0. The maximum absolute atomic E-state index is 12.6. The van der Waals surface area contributed by atoms with Crippen LogP contribution in [0.15, 0.2) is 30.3 Å². The van der Waals surface area contributed by atoms with Gasteiger partial charge in [-0.3, -0.25) is 9.59 Å². The van der Waals surface area contributed by atoms with Crippen molar-refractivity contribution < 1.29 is 24.2 Å². The Labute approximate surface area is 212 Å². The molecule has 1 aromatic rings. The fourth-order valence-corrected chi connectivity index (χ4v) is 4.11. The summed E-state index contributed by atoms with van der Waals surface area (Å²) in [5, 5.41) is 11.5. The molecular weight excluding hydrogens is 442 g/mol. The fourth-order valence-electron chi connectivity index (χ4n) is 4.11. The number of carboxylic acid groups (broad SMARTS) is 1. The minimum atomic E-state index is -1.03. The van der Waals surface area contributed by atoms with E-state index in [0.717, 1.165) is 24.8 Å². The Kier molecular flexibility index (Phi) is 18.4. The van der Waals surface area contributed by atoms with Crippen LogP contribution in [0.4, 0.5) is 0 Å². The number of carboxylic acids is 1. The summed E-state index contributed by atoms with van der Waals surface area (Å²) in [7, 11) is 0. The average Bonchev–Trinajstić information content (AvgIpc) is 2.86. The Hall–Kier alpha value is -2.37. The van der Waals surface area contributed by atoms with E-state index in [4.69, 9.17) is 9.84 Å². The highest BCUT2D eigenvalue weighted by molar-refractivity contribution is 5.86. The van der Waals surface area contributed by atoms with Gasteiger partial charge in [-0.15, -0.1) is 0 Å². The maximum atomic E-state index is 12.6. The van der Waals surface area contributed by atoms with Crippen molar-refractivity contribution in [3.05, 3.63) is 35.9 Å². The molecule has 6 nitrogen and oxygen atoms in total. The molecule has 1 amide bonds. The van der Waals surface area contributed by atoms with Crippen molar-refractivity contribution in [1.29, 1.82) is 0 Å². The van der Waals surface area contributed by atoms with Gasteiger partial charge in [-0.05, 0) is 12.0 Å². The topological polar surface area (TPSA) is 92.7 Å². The van der Waals surface area contributed by atoms with Gasteiger partial charge in [0.2, 0.25) is 5.91 Å². The molecule has 6 heteroatoms. The Bertz CT molecular complexity index is 692. The lowest BCUT2D eigenvalue weighted by atomic mass is 10.0. The van der Waals surface area contributed by atoms with Gasteiger partial charge >= 0.3 is 11.9 Å². The monoisotopic (exact) mass is 489 g/mol. The van der Waals surface area contributed by atoms with Crippen molar-refractivity contribution in [3.8, 4) is 0 Å². The first-order valence-electron chi connectivity index (χ1n) is 13.7. The zero-order valence-corrected chi connectivity index (χ0v) is 21.8. The highest BCUT2D eigenvalue weighted by atomic mass is 16.5. The average molecular weight is 490 g/mol. The predicted octanol–water partition coefficient (Wildman–Crippen LogP) is 6.95. The molecule has 0 bridgehead atoms. The number of carbonyl (C=O) groups is 3. The van der Waals surface area contributed by atoms with Crippen molar-refractivity contribution >= 4 is 17.8 Å². The van der Waals surface area contributed by atoms with Crippen LogP contribution in [-0.2, 0) is 25.7 Å². The number of hydrogen-bond acceptors (Lipinski definition) is 4. The van der Waals surface area contributed by atoms with Gasteiger partial charge in [0, 0.05) is 6.42 Å². The number of ether oxygens (including phenoxy) is 1. The smallest absolute Gasteiger partial charge is 0.328 e. The molecule has 1 rings (SSSR count). The molecule has 0 aliphatic heterocycles. The van der Waals surface area contributed by atoms with E-state index in [1.54, 1.807) is 0 Å². The van der Waals surface area contributed by atoms with Gasteiger partial charge in [0.05, 0.1) is 6.42 Å². The maximum Gasteiger partial charge on any atom is 0.328 e. The fraction of sp³-hybridized carbons (Fsp3) is 0.690. The number of rotatable bonds is 22. The normalized spacial score (nSPS) is 11.7. The van der Waals surface area contributed by atoms with Crippen molar-refractivity contribution in [2.24, 2.45) is 0 Å². The number of hydrogen-bond donors (Lipinski definition) is 2. The number of benzene rings is 1. The van der Waals surface area contributed by atoms with Gasteiger partial charge in [-0.1, -0.05) is 127 Å². The zero-order valence-electron chi connectivity index (χ0n) is 21.8. The van der Waals surface area contributed by atoms with E-state index in [-0.39, 0.29) is 19.4 Å².